The average molecular weight is 397 g/mol. The number of rotatable bonds is 7. The number of pyridine rings is 1. The SMILES string of the molecule is COc1ccc(S(=O)(=O)N(C)CC(=O)N/N=C/c2cccnc2)cc1Cl. The molecule has 0 bridgehead atoms. The molecule has 1 aromatic heterocycles. The van der Waals surface area contributed by atoms with Gasteiger partial charge in [-0.25, -0.2) is 13.8 Å². The summed E-state index contributed by atoms with van der Waals surface area (Å²) in [6.45, 7) is -0.406. The molecule has 0 aliphatic carbocycles. The molecule has 0 aliphatic rings. The molecule has 0 unspecified atom stereocenters. The molecule has 2 rings (SSSR count). The van der Waals surface area contributed by atoms with Gasteiger partial charge in [-0.05, 0) is 24.3 Å². The lowest BCUT2D eigenvalue weighted by Gasteiger charge is -2.16. The number of methoxy groups -OCH3 is 1. The Morgan fingerprint density at radius 1 is 1.42 bits per heavy atom. The Kier molecular flexibility index (Phi) is 6.67. The Morgan fingerprint density at radius 3 is 2.81 bits per heavy atom. The fraction of sp³-hybridized carbons (Fsp3) is 0.188. The van der Waals surface area contributed by atoms with Crippen LogP contribution in [-0.2, 0) is 14.8 Å². The van der Waals surface area contributed by atoms with Crippen molar-refractivity contribution in [3.05, 3.63) is 53.3 Å². The van der Waals surface area contributed by atoms with Crippen molar-refractivity contribution in [1.29, 1.82) is 0 Å². The van der Waals surface area contributed by atoms with Gasteiger partial charge in [-0.15, -0.1) is 0 Å². The normalized spacial score (nSPS) is 11.7. The summed E-state index contributed by atoms with van der Waals surface area (Å²) in [6.07, 6.45) is 4.59. The Labute approximate surface area is 156 Å². The zero-order valence-corrected chi connectivity index (χ0v) is 15.7. The number of nitrogens with zero attached hydrogens (tertiary/aromatic N) is 3. The molecule has 0 fully saturated rings. The molecule has 0 spiro atoms. The molecule has 10 heteroatoms. The molecule has 1 N–H and O–H groups in total. The second-order valence-corrected chi connectivity index (χ2v) is 7.59. The van der Waals surface area contributed by atoms with Crippen molar-refractivity contribution in [2.45, 2.75) is 4.90 Å². The first-order valence-electron chi connectivity index (χ1n) is 7.36. The molecule has 1 aromatic carbocycles. The standard InChI is InChI=1S/C16H17ClN4O4S/c1-21(11-16(22)20-19-10-12-4-3-7-18-9-12)26(23,24)13-5-6-15(25-2)14(17)8-13/h3-10H,11H2,1-2H3,(H,20,22)/b19-10+. The fourth-order valence-corrected chi connectivity index (χ4v) is 3.42. The predicted octanol–water partition coefficient (Wildman–Crippen LogP) is 1.51. The molecule has 1 heterocycles. The third-order valence-electron chi connectivity index (χ3n) is 3.28. The fourth-order valence-electron chi connectivity index (χ4n) is 1.94. The lowest BCUT2D eigenvalue weighted by atomic mass is 10.3. The molecule has 26 heavy (non-hydrogen) atoms. The van der Waals surface area contributed by atoms with Gasteiger partial charge in [0.15, 0.2) is 0 Å². The molecule has 2 aromatic rings. The van der Waals surface area contributed by atoms with Gasteiger partial charge in [0.05, 0.1) is 29.8 Å². The quantitative estimate of drug-likeness (QED) is 0.564. The molecule has 0 atom stereocenters. The van der Waals surface area contributed by atoms with Gasteiger partial charge in [0.1, 0.15) is 5.75 Å². The van der Waals surface area contributed by atoms with Crippen LogP contribution in [0.2, 0.25) is 5.02 Å². The monoisotopic (exact) mass is 396 g/mol. The van der Waals surface area contributed by atoms with E-state index < -0.39 is 22.5 Å². The third-order valence-corrected chi connectivity index (χ3v) is 5.38. The van der Waals surface area contributed by atoms with Crippen LogP contribution in [0.25, 0.3) is 0 Å². The van der Waals surface area contributed by atoms with Gasteiger partial charge in [0.2, 0.25) is 10.0 Å². The minimum absolute atomic E-state index is 0.0440. The molecule has 1 amide bonds. The maximum Gasteiger partial charge on any atom is 0.255 e. The van der Waals surface area contributed by atoms with Crippen molar-refractivity contribution in [2.24, 2.45) is 5.10 Å². The van der Waals surface area contributed by atoms with E-state index in [9.17, 15) is 13.2 Å². The van der Waals surface area contributed by atoms with Crippen LogP contribution in [0.3, 0.4) is 0 Å². The molecular formula is C16H17ClN4O4S. The number of hydrogen-bond acceptors (Lipinski definition) is 6. The Hall–Kier alpha value is -2.49. The summed E-state index contributed by atoms with van der Waals surface area (Å²) in [4.78, 5) is 15.8. The van der Waals surface area contributed by atoms with E-state index >= 15 is 0 Å². The van der Waals surface area contributed by atoms with Crippen LogP contribution in [0.15, 0.2) is 52.7 Å². The first-order chi connectivity index (χ1) is 12.3. The van der Waals surface area contributed by atoms with E-state index in [0.29, 0.717) is 11.3 Å². The van der Waals surface area contributed by atoms with Gasteiger partial charge >= 0.3 is 0 Å². The third kappa shape index (κ3) is 5.01. The Balaban J connectivity index is 2.01. The number of aromatic nitrogens is 1. The highest BCUT2D eigenvalue weighted by Crippen LogP contribution is 2.27. The number of sulfonamides is 1. The van der Waals surface area contributed by atoms with E-state index in [-0.39, 0.29) is 9.92 Å². The van der Waals surface area contributed by atoms with Crippen molar-refractivity contribution < 1.29 is 17.9 Å². The van der Waals surface area contributed by atoms with Crippen LogP contribution in [0.1, 0.15) is 5.56 Å². The topological polar surface area (TPSA) is 101 Å². The van der Waals surface area contributed by atoms with Gasteiger partial charge in [-0.3, -0.25) is 9.78 Å². The minimum atomic E-state index is -3.89. The van der Waals surface area contributed by atoms with E-state index in [1.807, 2.05) is 0 Å². The van der Waals surface area contributed by atoms with E-state index in [2.05, 4.69) is 15.5 Å². The van der Waals surface area contributed by atoms with Crippen molar-refractivity contribution in [3.63, 3.8) is 0 Å². The maximum atomic E-state index is 12.5. The molecule has 8 nitrogen and oxygen atoms in total. The van der Waals surface area contributed by atoms with Crippen LogP contribution < -0.4 is 10.2 Å². The van der Waals surface area contributed by atoms with Crippen molar-refractivity contribution in [2.75, 3.05) is 20.7 Å². The van der Waals surface area contributed by atoms with E-state index in [1.165, 1.54) is 38.6 Å². The van der Waals surface area contributed by atoms with Crippen molar-refractivity contribution in [1.82, 2.24) is 14.7 Å². The lowest BCUT2D eigenvalue weighted by Crippen LogP contribution is -2.36. The summed E-state index contributed by atoms with van der Waals surface area (Å²) in [5.41, 5.74) is 2.96. The number of hydrazone groups is 1. The predicted molar refractivity (Wildman–Crippen MR) is 97.8 cm³/mol. The number of amides is 1. The highest BCUT2D eigenvalue weighted by molar-refractivity contribution is 7.89. The number of ether oxygens (including phenoxy) is 1. The van der Waals surface area contributed by atoms with Crippen LogP contribution >= 0.6 is 11.6 Å². The van der Waals surface area contributed by atoms with E-state index in [4.69, 9.17) is 16.3 Å². The second-order valence-electron chi connectivity index (χ2n) is 5.14. The first-order valence-corrected chi connectivity index (χ1v) is 9.18. The van der Waals surface area contributed by atoms with Crippen LogP contribution in [-0.4, -0.2) is 50.5 Å². The summed E-state index contributed by atoms with van der Waals surface area (Å²) in [5, 5.41) is 3.92. The number of likely N-dealkylation sites (N-methyl/N-ethyl adjacent to an activating group) is 1. The molecule has 0 aliphatic heterocycles. The average Bonchev–Trinajstić information content (AvgIpc) is 2.62. The zero-order chi connectivity index (χ0) is 19.2. The maximum absolute atomic E-state index is 12.5. The lowest BCUT2D eigenvalue weighted by molar-refractivity contribution is -0.121. The summed E-state index contributed by atoms with van der Waals surface area (Å²) in [6, 6.07) is 7.55. The Bertz CT molecular complexity index is 904. The summed E-state index contributed by atoms with van der Waals surface area (Å²) in [7, 11) is -1.17. The highest BCUT2D eigenvalue weighted by Gasteiger charge is 2.23. The molecule has 0 saturated carbocycles. The highest BCUT2D eigenvalue weighted by atomic mass is 35.5. The summed E-state index contributed by atoms with van der Waals surface area (Å²) < 4.78 is 30.9. The van der Waals surface area contributed by atoms with Gasteiger partial charge in [0, 0.05) is 25.0 Å². The number of hydrogen-bond donors (Lipinski definition) is 1. The summed E-state index contributed by atoms with van der Waals surface area (Å²) >= 11 is 5.96. The number of carbonyl (C=O) groups excluding carboxylic acids is 1. The first kappa shape index (κ1) is 19.8. The van der Waals surface area contributed by atoms with Gasteiger partial charge in [-0.1, -0.05) is 17.7 Å². The van der Waals surface area contributed by atoms with E-state index in [1.54, 1.807) is 24.5 Å². The van der Waals surface area contributed by atoms with Crippen molar-refractivity contribution >= 4 is 33.7 Å². The van der Waals surface area contributed by atoms with Crippen LogP contribution in [0.5, 0.6) is 5.75 Å². The van der Waals surface area contributed by atoms with Crippen LogP contribution in [0, 0.1) is 0 Å². The van der Waals surface area contributed by atoms with Crippen molar-refractivity contribution in [3.8, 4) is 5.75 Å². The number of carbonyl (C=O) groups is 1. The summed E-state index contributed by atoms with van der Waals surface area (Å²) in [5.74, 6) is -0.230. The van der Waals surface area contributed by atoms with Gasteiger partial charge in [0.25, 0.3) is 5.91 Å². The number of benzene rings is 1. The smallest absolute Gasteiger partial charge is 0.255 e. The molecule has 0 saturated heterocycles. The van der Waals surface area contributed by atoms with Gasteiger partial charge in [-0.2, -0.15) is 9.41 Å². The number of halogens is 1. The minimum Gasteiger partial charge on any atom is -0.495 e. The second kappa shape index (κ2) is 8.75. The van der Waals surface area contributed by atoms with Crippen LogP contribution in [0.4, 0.5) is 0 Å². The van der Waals surface area contributed by atoms with Gasteiger partial charge < -0.3 is 4.74 Å². The molecule has 138 valence electrons. The zero-order valence-electron chi connectivity index (χ0n) is 14.1. The Morgan fingerprint density at radius 2 is 2.19 bits per heavy atom. The van der Waals surface area contributed by atoms with E-state index in [0.717, 1.165) is 4.31 Å². The number of nitrogens with one attached hydrogen (secondary N) is 1. The molecule has 0 radical (unpaired) electrons. The largest absolute Gasteiger partial charge is 0.495 e. The molecular weight excluding hydrogens is 380 g/mol.